The first-order valence-corrected chi connectivity index (χ1v) is 36.3. The summed E-state index contributed by atoms with van der Waals surface area (Å²) in [5.41, 5.74) is 6.40. The van der Waals surface area contributed by atoms with E-state index >= 15 is 0 Å². The number of aliphatic carboxylic acids is 1. The zero-order valence-corrected chi connectivity index (χ0v) is 57.9. The largest absolute Gasteiger partial charge is 0.756 e. The molecule has 39 heteroatoms. The Labute approximate surface area is 599 Å². The van der Waals surface area contributed by atoms with Crippen molar-refractivity contribution in [2.75, 3.05) is 110 Å². The van der Waals surface area contributed by atoms with Crippen LogP contribution in [-0.4, -0.2) is 265 Å². The third-order valence-electron chi connectivity index (χ3n) is 16.7. The molecule has 36 nitrogen and oxygen atoms in total. The number of Topliss-reactive ketones (excluding diaryl/α,β-unsaturated/α-hetero) is 1. The van der Waals surface area contributed by atoms with Crippen LogP contribution in [0.5, 0.6) is 5.75 Å². The Morgan fingerprint density at radius 2 is 1.60 bits per heavy atom. The van der Waals surface area contributed by atoms with E-state index in [1.165, 1.54) is 50.8 Å². The number of phenolic OH excluding ortho intramolecular Hbond substituents is 1. The summed E-state index contributed by atoms with van der Waals surface area (Å²) >= 11 is 0. The molecule has 0 bridgehead atoms. The van der Waals surface area contributed by atoms with Crippen LogP contribution in [0.25, 0.3) is 33.4 Å². The highest BCUT2D eigenvalue weighted by Gasteiger charge is 2.55. The molecule has 0 saturated carbocycles. The molecule has 0 radical (unpaired) electrons. The number of amides is 5. The first-order chi connectivity index (χ1) is 49.7. The second kappa shape index (κ2) is 37.0. The average molecular weight is 1510 g/mol. The number of nitrogens with two attached hydrogens (primary N) is 1. The highest BCUT2D eigenvalue weighted by Crippen LogP contribution is 2.49. The summed E-state index contributed by atoms with van der Waals surface area (Å²) in [6.07, 6.45) is -14.2. The van der Waals surface area contributed by atoms with Crippen LogP contribution in [0.3, 0.4) is 0 Å². The lowest BCUT2D eigenvalue weighted by Gasteiger charge is -2.50. The monoisotopic (exact) mass is 1510 g/mol. The summed E-state index contributed by atoms with van der Waals surface area (Å²) in [7, 11) is -3.08. The molecule has 6 heterocycles. The SMILES string of the molecule is Nc1ccn([C@@H]2O[C@H](COP(=O)([O-])O[C@@]3(C(=O)[O-])C[C@H](O)[C@@H](NC(=O)CNC(=O)CN(CCOCCOCCCC(=O)CCSSc4ccccn4)C(=O)COCC(=O)N4CCN(C(=O)c5ccccc5-c5c6ccc(=O)cc-6oc6cc(O)ccc56)CC4)[C@H]([C@H](O)[C@H](O)CO)O3)[C@@H](O)[C@H]2O)c(=O)n1. The van der Waals surface area contributed by atoms with E-state index in [4.69, 9.17) is 42.9 Å². The van der Waals surface area contributed by atoms with Gasteiger partial charge in [0.2, 0.25) is 29.4 Å². The summed E-state index contributed by atoms with van der Waals surface area (Å²) in [6.45, 7) is -5.39. The summed E-state index contributed by atoms with van der Waals surface area (Å²) in [5, 5.41) is 92.7. The molecule has 2 aromatic carbocycles. The zero-order chi connectivity index (χ0) is 74.8. The maximum Gasteiger partial charge on any atom is 0.351 e. The number of benzene rings is 3. The Bertz CT molecular complexity index is 4140. The van der Waals surface area contributed by atoms with Crippen LogP contribution in [0, 0.1) is 0 Å². The first kappa shape index (κ1) is 79.7. The zero-order valence-electron chi connectivity index (χ0n) is 55.4. The maximum absolute atomic E-state index is 14.4. The van der Waals surface area contributed by atoms with Gasteiger partial charge in [-0.2, -0.15) is 4.98 Å². The minimum atomic E-state index is -6.07. The molecular weight excluding hydrogens is 1430 g/mol. The van der Waals surface area contributed by atoms with Crippen molar-refractivity contribution in [1.29, 1.82) is 0 Å². The fourth-order valence-electron chi connectivity index (χ4n) is 11.4. The van der Waals surface area contributed by atoms with E-state index in [9.17, 15) is 93.5 Å². The van der Waals surface area contributed by atoms with Crippen molar-refractivity contribution < 1.29 is 121 Å². The lowest BCUT2D eigenvalue weighted by molar-refractivity contribution is -0.377. The molecule has 3 saturated heterocycles. The number of carboxylic acid groups (broad SMARTS) is 1. The number of carbonyl (C=O) groups is 7. The Kier molecular flexibility index (Phi) is 28.4. The highest BCUT2D eigenvalue weighted by atomic mass is 33.1. The quantitative estimate of drug-likeness (QED) is 0.00805. The van der Waals surface area contributed by atoms with Gasteiger partial charge in [-0.3, -0.25) is 47.2 Å². The Balaban J connectivity index is 0.778. The molecule has 1 unspecified atom stereocenters. The van der Waals surface area contributed by atoms with Gasteiger partial charge in [0.15, 0.2) is 11.7 Å². The Morgan fingerprint density at radius 1 is 0.856 bits per heavy atom. The van der Waals surface area contributed by atoms with Gasteiger partial charge in [-0.1, -0.05) is 35.1 Å². The van der Waals surface area contributed by atoms with Crippen LogP contribution in [0.2, 0.25) is 0 Å². The van der Waals surface area contributed by atoms with Gasteiger partial charge in [0.25, 0.3) is 13.7 Å². The molecule has 9 rings (SSSR count). The van der Waals surface area contributed by atoms with Crippen molar-refractivity contribution in [3.63, 3.8) is 0 Å². The summed E-state index contributed by atoms with van der Waals surface area (Å²) in [6, 6.07) is 20.4. The van der Waals surface area contributed by atoms with E-state index < -0.39 is 150 Å². The number of phenols is 1. The number of aromatic hydroxyl groups is 1. The highest BCUT2D eigenvalue weighted by molar-refractivity contribution is 8.76. The number of nitrogens with one attached hydrogen (secondary N) is 2. The van der Waals surface area contributed by atoms with Crippen molar-refractivity contribution in [2.24, 2.45) is 0 Å². The molecule has 4 aromatic rings. The summed E-state index contributed by atoms with van der Waals surface area (Å²) in [4.78, 5) is 144. The van der Waals surface area contributed by atoms with Crippen molar-refractivity contribution in [3.05, 3.63) is 124 Å². The van der Waals surface area contributed by atoms with Crippen molar-refractivity contribution in [3.8, 4) is 28.2 Å². The predicted octanol–water partition coefficient (Wildman–Crippen LogP) is -3.12. The van der Waals surface area contributed by atoms with Gasteiger partial charge in [0.05, 0.1) is 58.3 Å². The summed E-state index contributed by atoms with van der Waals surface area (Å²) < 4.78 is 57.2. The second-order valence-electron chi connectivity index (χ2n) is 24.0. The molecule has 5 amide bonds. The number of piperazine rings is 1. The molecule has 104 heavy (non-hydrogen) atoms. The number of nitrogens with zero attached hydrogens (tertiary/aromatic N) is 6. The fraction of sp³-hybridized carbons (Fsp3) is 0.462. The number of phosphoric acid groups is 1. The molecule has 3 fully saturated rings. The lowest BCUT2D eigenvalue weighted by atomic mass is 9.88. The topological polar surface area (TPSA) is 527 Å². The third-order valence-corrected chi connectivity index (χ3v) is 20.0. The Morgan fingerprint density at radius 3 is 2.33 bits per heavy atom. The van der Waals surface area contributed by atoms with Crippen LogP contribution in [0.1, 0.15) is 42.3 Å². The molecular formula is C65H76N9O27PS2-2. The molecule has 2 aromatic heterocycles. The minimum Gasteiger partial charge on any atom is -0.756 e. The van der Waals surface area contributed by atoms with Gasteiger partial charge < -0.3 is 114 Å². The van der Waals surface area contributed by atoms with Crippen molar-refractivity contribution >= 4 is 87.5 Å². The van der Waals surface area contributed by atoms with E-state index in [1.807, 2.05) is 18.2 Å². The predicted molar refractivity (Wildman–Crippen MR) is 360 cm³/mol. The number of ketones is 1. The number of pyridine rings is 1. The smallest absolute Gasteiger partial charge is 0.351 e. The number of carboxylic acids is 1. The number of hydrogen-bond donors (Lipinski definition) is 10. The van der Waals surface area contributed by atoms with E-state index in [1.54, 1.807) is 47.5 Å². The fourth-order valence-corrected chi connectivity index (χ4v) is 14.3. The molecule has 4 aliphatic heterocycles. The number of anilines is 1. The number of ether oxygens (including phenoxy) is 5. The van der Waals surface area contributed by atoms with Gasteiger partial charge in [-0.05, 0) is 71.3 Å². The van der Waals surface area contributed by atoms with Gasteiger partial charge in [0.1, 0.15) is 89.5 Å². The number of nitrogen functional groups attached to an aromatic ring is 1. The number of carbonyl (C=O) groups excluding carboxylic acids is 7. The van der Waals surface area contributed by atoms with E-state index in [2.05, 4.69) is 20.6 Å². The van der Waals surface area contributed by atoms with Crippen LogP contribution < -0.4 is 37.5 Å². The number of aromatic nitrogens is 3. The number of hydrogen-bond acceptors (Lipinski definition) is 32. The van der Waals surface area contributed by atoms with Crippen LogP contribution >= 0.6 is 29.4 Å². The molecule has 5 aliphatic rings. The van der Waals surface area contributed by atoms with Crippen molar-refractivity contribution in [1.82, 2.24) is 39.9 Å². The van der Waals surface area contributed by atoms with Gasteiger partial charge in [0, 0.05) is 111 Å². The van der Waals surface area contributed by atoms with Crippen LogP contribution in [-0.2, 0) is 66.1 Å². The van der Waals surface area contributed by atoms with E-state index in [-0.39, 0.29) is 99.2 Å². The average Bonchev–Trinajstić information content (AvgIpc) is 0.803. The maximum atomic E-state index is 14.4. The third kappa shape index (κ3) is 21.0. The van der Waals surface area contributed by atoms with Gasteiger partial charge in [-0.25, -0.2) is 9.78 Å². The number of fused-ring (bicyclic) bond motifs is 2. The number of phosphoric ester groups is 1. The molecule has 562 valence electrons. The van der Waals surface area contributed by atoms with E-state index in [0.717, 1.165) is 26.8 Å². The lowest BCUT2D eigenvalue weighted by Crippen LogP contribution is -2.70. The molecule has 11 N–H and O–H groups in total. The van der Waals surface area contributed by atoms with Gasteiger partial charge in [-0.15, -0.1) is 0 Å². The molecule has 1 aliphatic carbocycles. The van der Waals surface area contributed by atoms with Crippen LogP contribution in [0.4, 0.5) is 5.82 Å². The van der Waals surface area contributed by atoms with Gasteiger partial charge >= 0.3 is 5.69 Å². The van der Waals surface area contributed by atoms with Crippen LogP contribution in [0.15, 0.2) is 116 Å². The number of aliphatic hydroxyl groups excluding tert-OH is 6. The Hall–Kier alpha value is -8.38. The molecule has 0 spiro atoms. The van der Waals surface area contributed by atoms with E-state index in [0.29, 0.717) is 52.7 Å². The number of aliphatic hydroxyl groups is 6. The van der Waals surface area contributed by atoms with Crippen molar-refractivity contribution in [2.45, 2.75) is 91.5 Å². The number of rotatable bonds is 36. The summed E-state index contributed by atoms with van der Waals surface area (Å²) in [5.74, 6) is -9.48. The second-order valence-corrected chi connectivity index (χ2v) is 27.7. The normalized spacial score (nSPS) is 21.6. The standard InChI is InChI=1S/C65H78N9O27PS2/c66-49-14-17-74(64(91)69-49)62-59(87)58(86)48(99-62)34-97-102(92,93)101-65(63(89)90)30-44(79)56(60(100-65)57(85)45(80)33-75)70-50(81)31-68-51(82)32-73(22-24-95-26-25-94-23-5-6-37(76)15-27-103-104-52-9-3-4-16-67-52)54(84)36-96-35-53(83)71-18-20-72(21-19-71)61(88)41-8-2-1-7-40(41)55-42-12-10-38(77)28-46(42)98-47-29-39(78)11-13-43(47)55/h1-4,7-14,16-17,28-29,44-45,48,56-60,62,75,77,79-80,85-87H,5-6,15,18-27,30-36H2,(H,68,82)(H,70,81)(H,89,90)(H,92,93)(H2,66,69,91)/p-2/t44-,45+,48+,56+,57+,58+,59+,60+,62+,65+/m0/s1. The molecule has 11 atom stereocenters. The first-order valence-electron chi connectivity index (χ1n) is 32.5. The minimum absolute atomic E-state index is 0.0133.